The lowest BCUT2D eigenvalue weighted by Gasteiger charge is -2.21. The molecule has 1 aromatic rings. The van der Waals surface area contributed by atoms with E-state index >= 15 is 0 Å². The molecule has 0 saturated heterocycles. The molecule has 3 rings (SSSR count). The van der Waals surface area contributed by atoms with E-state index in [1.807, 2.05) is 24.3 Å². The summed E-state index contributed by atoms with van der Waals surface area (Å²) in [5.74, 6) is 1.90. The van der Waals surface area contributed by atoms with Gasteiger partial charge in [-0.15, -0.1) is 0 Å². The predicted octanol–water partition coefficient (Wildman–Crippen LogP) is 4.26. The summed E-state index contributed by atoms with van der Waals surface area (Å²) in [4.78, 5) is 11.7. The molecule has 1 aromatic carbocycles. The van der Waals surface area contributed by atoms with Crippen molar-refractivity contribution in [3.05, 3.63) is 24.3 Å². The topological polar surface area (TPSA) is 50.4 Å². The fraction of sp³-hybridized carbons (Fsp3) is 0.579. The summed E-state index contributed by atoms with van der Waals surface area (Å²) in [5.41, 5.74) is 0.857. The van der Waals surface area contributed by atoms with Gasteiger partial charge in [0.05, 0.1) is 6.61 Å². The van der Waals surface area contributed by atoms with E-state index in [1.54, 1.807) is 0 Å². The largest absolute Gasteiger partial charge is 0.494 e. The fourth-order valence-corrected chi connectivity index (χ4v) is 3.39. The summed E-state index contributed by atoms with van der Waals surface area (Å²) >= 11 is 5.16. The Balaban J connectivity index is 1.37. The van der Waals surface area contributed by atoms with Crippen LogP contribution in [0, 0.1) is 11.8 Å². The Hall–Kier alpha value is -1.62. The Morgan fingerprint density at radius 2 is 1.79 bits per heavy atom. The van der Waals surface area contributed by atoms with Gasteiger partial charge < -0.3 is 15.4 Å². The third kappa shape index (κ3) is 5.48. The minimum absolute atomic E-state index is 0.0233. The van der Waals surface area contributed by atoms with E-state index in [2.05, 4.69) is 10.6 Å². The van der Waals surface area contributed by atoms with Crippen molar-refractivity contribution in [2.45, 2.75) is 51.4 Å². The van der Waals surface area contributed by atoms with Gasteiger partial charge in [0.15, 0.2) is 5.11 Å². The first kappa shape index (κ1) is 17.2. The monoisotopic (exact) mass is 346 g/mol. The first-order chi connectivity index (χ1) is 11.7. The lowest BCUT2D eigenvalue weighted by Crippen LogP contribution is -2.35. The molecule has 2 fully saturated rings. The number of hydrogen-bond acceptors (Lipinski definition) is 3. The molecule has 0 heterocycles. The maximum Gasteiger partial charge on any atom is 0.229 e. The zero-order chi connectivity index (χ0) is 16.8. The zero-order valence-electron chi connectivity index (χ0n) is 14.1. The van der Waals surface area contributed by atoms with Crippen LogP contribution in [0.15, 0.2) is 24.3 Å². The van der Waals surface area contributed by atoms with E-state index in [9.17, 15) is 4.79 Å². The summed E-state index contributed by atoms with van der Waals surface area (Å²) in [6.07, 6.45) is 9.96. The Morgan fingerprint density at radius 3 is 2.46 bits per heavy atom. The van der Waals surface area contributed by atoms with Gasteiger partial charge in [-0.2, -0.15) is 0 Å². The summed E-state index contributed by atoms with van der Waals surface area (Å²) < 4.78 is 5.84. The van der Waals surface area contributed by atoms with Crippen molar-refractivity contribution < 1.29 is 9.53 Å². The molecule has 2 N–H and O–H groups in total. The van der Waals surface area contributed by atoms with Crippen molar-refractivity contribution in [2.24, 2.45) is 11.8 Å². The van der Waals surface area contributed by atoms with Crippen LogP contribution in [-0.2, 0) is 4.79 Å². The van der Waals surface area contributed by atoms with Crippen molar-refractivity contribution >= 4 is 28.9 Å². The maximum absolute atomic E-state index is 11.7. The zero-order valence-corrected chi connectivity index (χ0v) is 14.9. The Labute approximate surface area is 149 Å². The van der Waals surface area contributed by atoms with E-state index in [0.29, 0.717) is 5.11 Å². The van der Waals surface area contributed by atoms with Crippen molar-refractivity contribution in [3.8, 4) is 5.75 Å². The predicted molar refractivity (Wildman–Crippen MR) is 100 cm³/mol. The summed E-state index contributed by atoms with van der Waals surface area (Å²) in [5, 5.41) is 6.12. The van der Waals surface area contributed by atoms with Crippen LogP contribution >= 0.6 is 12.2 Å². The standard InChI is InChI=1S/C19H26N2O2S/c22-18(15-6-7-15)21-19(24)20-16-8-10-17(11-9-16)23-13-12-14-4-2-1-3-5-14/h8-11,14-15H,1-7,12-13H2,(H2,20,21,22,24). The van der Waals surface area contributed by atoms with Crippen LogP contribution in [0.3, 0.4) is 0 Å². The van der Waals surface area contributed by atoms with Crippen molar-refractivity contribution in [1.82, 2.24) is 5.32 Å². The normalized spacial score (nSPS) is 18.0. The van der Waals surface area contributed by atoms with Crippen molar-refractivity contribution in [3.63, 3.8) is 0 Å². The second kappa shape index (κ2) is 8.47. The highest BCUT2D eigenvalue weighted by atomic mass is 32.1. The molecule has 1 amide bonds. The second-order valence-corrected chi connectivity index (χ2v) is 7.29. The highest BCUT2D eigenvalue weighted by molar-refractivity contribution is 7.80. The van der Waals surface area contributed by atoms with E-state index in [0.717, 1.165) is 43.2 Å². The Bertz CT molecular complexity index is 563. The van der Waals surface area contributed by atoms with E-state index in [4.69, 9.17) is 17.0 Å². The lowest BCUT2D eigenvalue weighted by molar-refractivity contribution is -0.120. The molecule has 2 aliphatic rings. The number of anilines is 1. The van der Waals surface area contributed by atoms with E-state index in [-0.39, 0.29) is 11.8 Å². The average molecular weight is 346 g/mol. The Kier molecular flexibility index (Phi) is 6.07. The van der Waals surface area contributed by atoms with Gasteiger partial charge in [0.2, 0.25) is 5.91 Å². The molecule has 5 heteroatoms. The van der Waals surface area contributed by atoms with Gasteiger partial charge >= 0.3 is 0 Å². The van der Waals surface area contributed by atoms with Gasteiger partial charge in [-0.3, -0.25) is 4.79 Å². The van der Waals surface area contributed by atoms with Crippen LogP contribution in [0.5, 0.6) is 5.75 Å². The van der Waals surface area contributed by atoms with Crippen LogP contribution in [0.4, 0.5) is 5.69 Å². The minimum Gasteiger partial charge on any atom is -0.494 e. The van der Waals surface area contributed by atoms with Gasteiger partial charge in [-0.25, -0.2) is 0 Å². The third-order valence-corrected chi connectivity index (χ3v) is 5.02. The van der Waals surface area contributed by atoms with Gasteiger partial charge in [0.25, 0.3) is 0 Å². The number of hydrogen-bond donors (Lipinski definition) is 2. The molecule has 0 aliphatic heterocycles. The first-order valence-electron chi connectivity index (χ1n) is 9.05. The van der Waals surface area contributed by atoms with Crippen LogP contribution < -0.4 is 15.4 Å². The van der Waals surface area contributed by atoms with Gasteiger partial charge in [0, 0.05) is 11.6 Å². The maximum atomic E-state index is 11.7. The SMILES string of the molecule is O=C(NC(=S)Nc1ccc(OCCC2CCCCC2)cc1)C1CC1. The molecule has 0 aromatic heterocycles. The number of amides is 1. The molecule has 0 atom stereocenters. The molecule has 130 valence electrons. The fourth-order valence-electron chi connectivity index (χ4n) is 3.18. The van der Waals surface area contributed by atoms with Crippen molar-refractivity contribution in [1.29, 1.82) is 0 Å². The summed E-state index contributed by atoms with van der Waals surface area (Å²) in [6, 6.07) is 7.72. The quantitative estimate of drug-likeness (QED) is 0.756. The number of rotatable bonds is 6. The van der Waals surface area contributed by atoms with E-state index in [1.165, 1.54) is 32.1 Å². The van der Waals surface area contributed by atoms with Gasteiger partial charge in [-0.05, 0) is 61.7 Å². The first-order valence-corrected chi connectivity index (χ1v) is 9.46. The molecule has 0 unspecified atom stereocenters. The highest BCUT2D eigenvalue weighted by Gasteiger charge is 2.29. The summed E-state index contributed by atoms with van der Waals surface area (Å²) in [6.45, 7) is 0.785. The van der Waals surface area contributed by atoms with Crippen LogP contribution in [0.1, 0.15) is 51.4 Å². The van der Waals surface area contributed by atoms with Gasteiger partial charge in [0.1, 0.15) is 5.75 Å². The molecular weight excluding hydrogens is 320 g/mol. The molecule has 0 bridgehead atoms. The average Bonchev–Trinajstić information content (AvgIpc) is 3.42. The number of ether oxygens (including phenoxy) is 1. The van der Waals surface area contributed by atoms with Gasteiger partial charge in [-0.1, -0.05) is 32.1 Å². The van der Waals surface area contributed by atoms with Crippen LogP contribution in [0.25, 0.3) is 0 Å². The molecule has 2 aliphatic carbocycles. The molecule has 4 nitrogen and oxygen atoms in total. The molecule has 24 heavy (non-hydrogen) atoms. The number of benzene rings is 1. The second-order valence-electron chi connectivity index (χ2n) is 6.88. The molecule has 2 saturated carbocycles. The van der Waals surface area contributed by atoms with Crippen LogP contribution in [-0.4, -0.2) is 17.6 Å². The number of nitrogens with one attached hydrogen (secondary N) is 2. The van der Waals surface area contributed by atoms with E-state index < -0.39 is 0 Å². The summed E-state index contributed by atoms with van der Waals surface area (Å²) in [7, 11) is 0. The highest BCUT2D eigenvalue weighted by Crippen LogP contribution is 2.29. The molecule has 0 spiro atoms. The lowest BCUT2D eigenvalue weighted by atomic mass is 9.87. The Morgan fingerprint density at radius 1 is 1.08 bits per heavy atom. The smallest absolute Gasteiger partial charge is 0.229 e. The minimum atomic E-state index is 0.0233. The molecule has 0 radical (unpaired) electrons. The third-order valence-electron chi connectivity index (χ3n) is 4.82. The number of carbonyl (C=O) groups is 1. The number of thiocarbonyl (C=S) groups is 1. The van der Waals surface area contributed by atoms with Crippen LogP contribution in [0.2, 0.25) is 0 Å². The molecular formula is C19H26N2O2S. The number of carbonyl (C=O) groups excluding carboxylic acids is 1. The van der Waals surface area contributed by atoms with Crippen molar-refractivity contribution in [2.75, 3.05) is 11.9 Å².